The van der Waals surface area contributed by atoms with Gasteiger partial charge in [0.05, 0.1) is 18.9 Å². The van der Waals surface area contributed by atoms with Crippen LogP contribution in [0.2, 0.25) is 0 Å². The Labute approximate surface area is 147 Å². The number of hydrogen-bond donors (Lipinski definition) is 1. The lowest BCUT2D eigenvalue weighted by molar-refractivity contribution is -0.121. The van der Waals surface area contributed by atoms with Crippen LogP contribution in [0.4, 0.5) is 11.4 Å². The minimum Gasteiger partial charge on any atom is -0.497 e. The molecule has 5 heteroatoms. The highest BCUT2D eigenvalue weighted by Gasteiger charge is 2.42. The molecule has 25 heavy (non-hydrogen) atoms. The largest absolute Gasteiger partial charge is 0.497 e. The molecule has 0 spiro atoms. The predicted octanol–water partition coefficient (Wildman–Crippen LogP) is 3.13. The molecule has 1 N–H and O–H groups in total. The van der Waals surface area contributed by atoms with Gasteiger partial charge in [0.1, 0.15) is 5.75 Å². The Kier molecular flexibility index (Phi) is 4.25. The summed E-state index contributed by atoms with van der Waals surface area (Å²) in [7, 11) is 3.39. The van der Waals surface area contributed by atoms with Crippen molar-refractivity contribution in [1.29, 1.82) is 0 Å². The second-order valence-corrected chi connectivity index (χ2v) is 6.79. The number of anilines is 2. The monoisotopic (exact) mass is 338 g/mol. The summed E-state index contributed by atoms with van der Waals surface area (Å²) in [5.74, 6) is 0.726. The van der Waals surface area contributed by atoms with E-state index in [9.17, 15) is 9.59 Å². The molecule has 0 bridgehead atoms. The lowest BCUT2D eigenvalue weighted by Gasteiger charge is -2.16. The third-order valence-corrected chi connectivity index (χ3v) is 4.68. The van der Waals surface area contributed by atoms with E-state index >= 15 is 0 Å². The molecular formula is C20H22N2O3. The Hall–Kier alpha value is -2.82. The van der Waals surface area contributed by atoms with Crippen molar-refractivity contribution in [3.05, 3.63) is 53.6 Å². The molecule has 5 nitrogen and oxygen atoms in total. The zero-order valence-electron chi connectivity index (χ0n) is 14.9. The average molecular weight is 338 g/mol. The SMILES string of the molecule is COc1ccc(CC(=O)Nc2ccc3c(c2)C(C)(C)C(=O)N3C)cc1. The van der Waals surface area contributed by atoms with Crippen molar-refractivity contribution >= 4 is 23.2 Å². The number of hydrogen-bond acceptors (Lipinski definition) is 3. The summed E-state index contributed by atoms with van der Waals surface area (Å²) in [5, 5.41) is 2.92. The van der Waals surface area contributed by atoms with Crippen molar-refractivity contribution in [1.82, 2.24) is 0 Å². The summed E-state index contributed by atoms with van der Waals surface area (Å²) in [5.41, 5.74) is 2.86. The zero-order chi connectivity index (χ0) is 18.2. The number of carbonyl (C=O) groups excluding carboxylic acids is 2. The highest BCUT2D eigenvalue weighted by atomic mass is 16.5. The van der Waals surface area contributed by atoms with Crippen LogP contribution in [0.1, 0.15) is 25.0 Å². The lowest BCUT2D eigenvalue weighted by Crippen LogP contribution is -2.33. The van der Waals surface area contributed by atoms with Crippen LogP contribution < -0.4 is 15.0 Å². The van der Waals surface area contributed by atoms with Gasteiger partial charge in [0.2, 0.25) is 11.8 Å². The molecule has 3 rings (SSSR count). The summed E-state index contributed by atoms with van der Waals surface area (Å²) in [6, 6.07) is 13.0. The smallest absolute Gasteiger partial charge is 0.236 e. The van der Waals surface area contributed by atoms with Crippen molar-refractivity contribution < 1.29 is 14.3 Å². The van der Waals surface area contributed by atoms with E-state index in [2.05, 4.69) is 5.32 Å². The lowest BCUT2D eigenvalue weighted by atomic mass is 9.86. The molecule has 0 aromatic heterocycles. The second kappa shape index (κ2) is 6.24. The minimum atomic E-state index is -0.583. The van der Waals surface area contributed by atoms with E-state index in [0.29, 0.717) is 5.69 Å². The summed E-state index contributed by atoms with van der Waals surface area (Å²) in [6.45, 7) is 3.81. The first-order valence-corrected chi connectivity index (χ1v) is 8.18. The van der Waals surface area contributed by atoms with E-state index in [1.54, 1.807) is 19.1 Å². The highest BCUT2D eigenvalue weighted by Crippen LogP contribution is 2.41. The van der Waals surface area contributed by atoms with Gasteiger partial charge in [0, 0.05) is 18.4 Å². The number of amides is 2. The summed E-state index contributed by atoms with van der Waals surface area (Å²) in [6.07, 6.45) is 0.281. The molecular weight excluding hydrogens is 316 g/mol. The molecule has 2 amide bonds. The second-order valence-electron chi connectivity index (χ2n) is 6.79. The standard InChI is InChI=1S/C20H22N2O3/c1-20(2)16-12-14(7-10-17(16)22(3)19(20)24)21-18(23)11-13-5-8-15(25-4)9-6-13/h5-10,12H,11H2,1-4H3,(H,21,23). The molecule has 2 aromatic carbocycles. The Morgan fingerprint density at radius 1 is 1.16 bits per heavy atom. The fourth-order valence-electron chi connectivity index (χ4n) is 3.18. The first kappa shape index (κ1) is 17.0. The topological polar surface area (TPSA) is 58.6 Å². The molecule has 1 aliphatic heterocycles. The molecule has 0 unspecified atom stereocenters. The fraction of sp³-hybridized carbons (Fsp3) is 0.300. The third-order valence-electron chi connectivity index (χ3n) is 4.68. The number of carbonyl (C=O) groups is 2. The number of fused-ring (bicyclic) bond motifs is 1. The van der Waals surface area contributed by atoms with Gasteiger partial charge in [-0.1, -0.05) is 12.1 Å². The number of nitrogens with zero attached hydrogens (tertiary/aromatic N) is 1. The Morgan fingerprint density at radius 3 is 2.48 bits per heavy atom. The average Bonchev–Trinajstić information content (AvgIpc) is 2.76. The van der Waals surface area contributed by atoms with E-state index in [4.69, 9.17) is 4.74 Å². The van der Waals surface area contributed by atoms with Gasteiger partial charge >= 0.3 is 0 Å². The Bertz CT molecular complexity index is 825. The molecule has 0 fully saturated rings. The molecule has 1 heterocycles. The molecule has 2 aromatic rings. The van der Waals surface area contributed by atoms with Crippen LogP contribution in [0.5, 0.6) is 5.75 Å². The number of rotatable bonds is 4. The zero-order valence-corrected chi connectivity index (χ0v) is 14.9. The number of methoxy groups -OCH3 is 1. The highest BCUT2D eigenvalue weighted by molar-refractivity contribution is 6.07. The molecule has 0 aliphatic carbocycles. The summed E-state index contributed by atoms with van der Waals surface area (Å²) < 4.78 is 5.12. The maximum absolute atomic E-state index is 12.3. The van der Waals surface area contributed by atoms with Gasteiger partial charge in [0.15, 0.2) is 0 Å². The van der Waals surface area contributed by atoms with E-state index in [1.165, 1.54) is 0 Å². The van der Waals surface area contributed by atoms with Crippen LogP contribution >= 0.6 is 0 Å². The van der Waals surface area contributed by atoms with Gasteiger partial charge in [-0.05, 0) is 55.3 Å². The Balaban J connectivity index is 1.74. The normalized spacial score (nSPS) is 15.0. The van der Waals surface area contributed by atoms with Gasteiger partial charge < -0.3 is 15.0 Å². The fourth-order valence-corrected chi connectivity index (χ4v) is 3.18. The first-order chi connectivity index (χ1) is 11.8. The minimum absolute atomic E-state index is 0.0595. The molecule has 0 radical (unpaired) electrons. The third kappa shape index (κ3) is 3.09. The van der Waals surface area contributed by atoms with Gasteiger partial charge in [-0.3, -0.25) is 9.59 Å². The van der Waals surface area contributed by atoms with Crippen LogP contribution in [0.3, 0.4) is 0 Å². The van der Waals surface area contributed by atoms with E-state index in [1.807, 2.05) is 56.3 Å². The van der Waals surface area contributed by atoms with Crippen molar-refractivity contribution in [3.8, 4) is 5.75 Å². The number of ether oxygens (including phenoxy) is 1. The van der Waals surface area contributed by atoms with E-state index in [-0.39, 0.29) is 18.2 Å². The molecule has 130 valence electrons. The number of likely N-dealkylation sites (N-methyl/N-ethyl adjacent to an activating group) is 1. The maximum Gasteiger partial charge on any atom is 0.236 e. The maximum atomic E-state index is 12.3. The molecule has 0 atom stereocenters. The van der Waals surface area contributed by atoms with Crippen LogP contribution in [0, 0.1) is 0 Å². The van der Waals surface area contributed by atoms with E-state index < -0.39 is 5.41 Å². The van der Waals surface area contributed by atoms with Crippen LogP contribution in [0.25, 0.3) is 0 Å². The number of benzene rings is 2. The molecule has 1 aliphatic rings. The van der Waals surface area contributed by atoms with Crippen LogP contribution in [0.15, 0.2) is 42.5 Å². The Morgan fingerprint density at radius 2 is 1.84 bits per heavy atom. The molecule has 0 saturated carbocycles. The first-order valence-electron chi connectivity index (χ1n) is 8.18. The van der Waals surface area contributed by atoms with Gasteiger partial charge in [-0.15, -0.1) is 0 Å². The van der Waals surface area contributed by atoms with Gasteiger partial charge in [-0.25, -0.2) is 0 Å². The van der Waals surface area contributed by atoms with Crippen molar-refractivity contribution in [2.24, 2.45) is 0 Å². The van der Waals surface area contributed by atoms with Crippen LogP contribution in [-0.4, -0.2) is 26.0 Å². The predicted molar refractivity (Wildman–Crippen MR) is 98.2 cm³/mol. The van der Waals surface area contributed by atoms with Crippen molar-refractivity contribution in [2.75, 3.05) is 24.4 Å². The quantitative estimate of drug-likeness (QED) is 0.932. The van der Waals surface area contributed by atoms with E-state index in [0.717, 1.165) is 22.6 Å². The van der Waals surface area contributed by atoms with Gasteiger partial charge in [-0.2, -0.15) is 0 Å². The number of nitrogens with one attached hydrogen (secondary N) is 1. The van der Waals surface area contributed by atoms with Gasteiger partial charge in [0.25, 0.3) is 0 Å². The summed E-state index contributed by atoms with van der Waals surface area (Å²) >= 11 is 0. The molecule has 0 saturated heterocycles. The van der Waals surface area contributed by atoms with Crippen molar-refractivity contribution in [2.45, 2.75) is 25.7 Å². The van der Waals surface area contributed by atoms with Crippen molar-refractivity contribution in [3.63, 3.8) is 0 Å². The summed E-state index contributed by atoms with van der Waals surface area (Å²) in [4.78, 5) is 26.3. The van der Waals surface area contributed by atoms with Crippen LogP contribution in [-0.2, 0) is 21.4 Å².